The zero-order chi connectivity index (χ0) is 11.4. The SMILES string of the molecule is [CH2][C@H](NC(=O)OC(C)(C)C)C(=O)OC. The lowest BCUT2D eigenvalue weighted by Crippen LogP contribution is -2.42. The van der Waals surface area contributed by atoms with Gasteiger partial charge in [0.05, 0.1) is 7.11 Å². The van der Waals surface area contributed by atoms with E-state index in [0.717, 1.165) is 0 Å². The first-order valence-corrected chi connectivity index (χ1v) is 4.16. The molecule has 0 bridgehead atoms. The zero-order valence-electron chi connectivity index (χ0n) is 8.92. The number of methoxy groups -OCH3 is 1. The maximum atomic E-state index is 11.1. The fraction of sp³-hybridized carbons (Fsp3) is 0.667. The van der Waals surface area contributed by atoms with Gasteiger partial charge in [-0.25, -0.2) is 9.59 Å². The predicted molar refractivity (Wildman–Crippen MR) is 50.5 cm³/mol. The van der Waals surface area contributed by atoms with E-state index in [1.54, 1.807) is 20.8 Å². The Hall–Kier alpha value is -1.26. The van der Waals surface area contributed by atoms with Crippen molar-refractivity contribution in [1.29, 1.82) is 0 Å². The normalized spacial score (nSPS) is 12.9. The number of carbonyl (C=O) groups is 2. The molecule has 1 N–H and O–H groups in total. The molecule has 0 saturated heterocycles. The van der Waals surface area contributed by atoms with Crippen LogP contribution in [-0.4, -0.2) is 30.8 Å². The highest BCUT2D eigenvalue weighted by Crippen LogP contribution is 2.06. The third kappa shape index (κ3) is 5.40. The molecule has 0 unspecified atom stereocenters. The largest absolute Gasteiger partial charge is 0.467 e. The van der Waals surface area contributed by atoms with Gasteiger partial charge < -0.3 is 14.8 Å². The fourth-order valence-corrected chi connectivity index (χ4v) is 0.651. The minimum absolute atomic E-state index is 0.597. The van der Waals surface area contributed by atoms with Crippen LogP contribution < -0.4 is 5.32 Å². The van der Waals surface area contributed by atoms with Crippen LogP contribution >= 0.6 is 0 Å². The Morgan fingerprint density at radius 1 is 1.36 bits per heavy atom. The minimum atomic E-state index is -0.949. The summed E-state index contributed by atoms with van der Waals surface area (Å²) >= 11 is 0. The molecule has 1 atom stereocenters. The van der Waals surface area contributed by atoms with Crippen LogP contribution in [0.5, 0.6) is 0 Å². The fourth-order valence-electron chi connectivity index (χ4n) is 0.651. The molecule has 0 aromatic heterocycles. The van der Waals surface area contributed by atoms with Crippen molar-refractivity contribution < 1.29 is 19.1 Å². The molecule has 0 aromatic rings. The van der Waals surface area contributed by atoms with Crippen molar-refractivity contribution in [1.82, 2.24) is 5.32 Å². The van der Waals surface area contributed by atoms with E-state index in [9.17, 15) is 9.59 Å². The summed E-state index contributed by atoms with van der Waals surface area (Å²) in [5, 5.41) is 2.24. The minimum Gasteiger partial charge on any atom is -0.467 e. The van der Waals surface area contributed by atoms with Gasteiger partial charge in [0.25, 0.3) is 0 Å². The lowest BCUT2D eigenvalue weighted by atomic mass is 10.2. The van der Waals surface area contributed by atoms with E-state index in [-0.39, 0.29) is 0 Å². The number of hydrogen-bond donors (Lipinski definition) is 1. The molecule has 0 aliphatic carbocycles. The van der Waals surface area contributed by atoms with Crippen molar-refractivity contribution >= 4 is 12.1 Å². The highest BCUT2D eigenvalue weighted by Gasteiger charge is 2.21. The number of alkyl carbamates (subject to hydrolysis) is 1. The third-order valence-electron chi connectivity index (χ3n) is 1.18. The quantitative estimate of drug-likeness (QED) is 0.675. The summed E-state index contributed by atoms with van der Waals surface area (Å²) in [6.45, 7) is 8.57. The molecule has 1 radical (unpaired) electrons. The van der Waals surface area contributed by atoms with Crippen molar-refractivity contribution in [2.45, 2.75) is 32.4 Å². The highest BCUT2D eigenvalue weighted by molar-refractivity contribution is 5.81. The van der Waals surface area contributed by atoms with Gasteiger partial charge in [0.15, 0.2) is 0 Å². The number of esters is 1. The standard InChI is InChI=1S/C9H16NO4/c1-6(7(11)13-5)10-8(12)14-9(2,3)4/h6H,1H2,2-5H3,(H,10,12)/t6-/m0/s1. The van der Waals surface area contributed by atoms with E-state index >= 15 is 0 Å². The van der Waals surface area contributed by atoms with Gasteiger partial charge in [-0.05, 0) is 27.7 Å². The molecule has 0 saturated carbocycles. The van der Waals surface area contributed by atoms with Gasteiger partial charge in [-0.3, -0.25) is 0 Å². The molecule has 1 amide bonds. The van der Waals surface area contributed by atoms with Crippen LogP contribution in [0.15, 0.2) is 0 Å². The first kappa shape index (κ1) is 12.7. The Labute approximate surface area is 83.8 Å². The maximum absolute atomic E-state index is 11.1. The van der Waals surface area contributed by atoms with Crippen LogP contribution in [0.4, 0.5) is 4.79 Å². The molecule has 0 aliphatic heterocycles. The first-order chi connectivity index (χ1) is 6.26. The molecule has 0 rings (SSSR count). The van der Waals surface area contributed by atoms with Crippen LogP contribution in [-0.2, 0) is 14.3 Å². The van der Waals surface area contributed by atoms with Gasteiger partial charge in [-0.15, -0.1) is 0 Å². The number of nitrogens with one attached hydrogen (secondary N) is 1. The van der Waals surface area contributed by atoms with Gasteiger partial charge in [0.1, 0.15) is 11.6 Å². The van der Waals surface area contributed by atoms with E-state index in [4.69, 9.17) is 4.74 Å². The summed E-state index contributed by atoms with van der Waals surface area (Å²) in [5.74, 6) is -0.615. The molecular weight excluding hydrogens is 186 g/mol. The topological polar surface area (TPSA) is 64.6 Å². The average Bonchev–Trinajstić information content (AvgIpc) is 1.99. The van der Waals surface area contributed by atoms with Gasteiger partial charge >= 0.3 is 12.1 Å². The van der Waals surface area contributed by atoms with Crippen molar-refractivity contribution in [3.05, 3.63) is 6.92 Å². The van der Waals surface area contributed by atoms with E-state index in [1.807, 2.05) is 0 Å². The Morgan fingerprint density at radius 2 is 1.86 bits per heavy atom. The highest BCUT2D eigenvalue weighted by atomic mass is 16.6. The van der Waals surface area contributed by atoms with Crippen molar-refractivity contribution in [3.8, 4) is 0 Å². The number of hydrogen-bond acceptors (Lipinski definition) is 4. The average molecular weight is 202 g/mol. The molecule has 0 aromatic carbocycles. The van der Waals surface area contributed by atoms with Crippen LogP contribution in [0.3, 0.4) is 0 Å². The monoisotopic (exact) mass is 202 g/mol. The van der Waals surface area contributed by atoms with Crippen molar-refractivity contribution in [3.63, 3.8) is 0 Å². The Balaban J connectivity index is 4.01. The zero-order valence-corrected chi connectivity index (χ0v) is 8.92. The van der Waals surface area contributed by atoms with Gasteiger partial charge in [0, 0.05) is 0 Å². The Bertz CT molecular complexity index is 219. The molecule has 5 heteroatoms. The lowest BCUT2D eigenvalue weighted by molar-refractivity contribution is -0.141. The summed E-state index contributed by atoms with van der Waals surface area (Å²) in [6, 6.07) is -0.949. The van der Waals surface area contributed by atoms with E-state index in [0.29, 0.717) is 0 Å². The molecule has 0 aliphatic rings. The molecule has 0 fully saturated rings. The summed E-state index contributed by atoms with van der Waals surface area (Å²) in [7, 11) is 1.22. The van der Waals surface area contributed by atoms with E-state index in [2.05, 4.69) is 17.0 Å². The maximum Gasteiger partial charge on any atom is 0.408 e. The van der Waals surface area contributed by atoms with Crippen molar-refractivity contribution in [2.75, 3.05) is 7.11 Å². The van der Waals surface area contributed by atoms with Crippen LogP contribution in [0.1, 0.15) is 20.8 Å². The molecular formula is C9H16NO4. The van der Waals surface area contributed by atoms with Crippen molar-refractivity contribution in [2.24, 2.45) is 0 Å². The smallest absolute Gasteiger partial charge is 0.408 e. The van der Waals surface area contributed by atoms with E-state index < -0.39 is 23.7 Å². The summed E-state index contributed by atoms with van der Waals surface area (Å²) in [4.78, 5) is 22.0. The van der Waals surface area contributed by atoms with Crippen LogP contribution in [0.2, 0.25) is 0 Å². The summed E-state index contributed by atoms with van der Waals surface area (Å²) in [5.41, 5.74) is -0.597. The second-order valence-electron chi connectivity index (χ2n) is 3.72. The van der Waals surface area contributed by atoms with Gasteiger partial charge in [-0.1, -0.05) is 0 Å². The third-order valence-corrected chi connectivity index (χ3v) is 1.18. The lowest BCUT2D eigenvalue weighted by Gasteiger charge is -2.21. The molecule has 81 valence electrons. The number of rotatable bonds is 2. The van der Waals surface area contributed by atoms with Gasteiger partial charge in [0.2, 0.25) is 0 Å². The van der Waals surface area contributed by atoms with Gasteiger partial charge in [-0.2, -0.15) is 0 Å². The summed E-state index contributed by atoms with van der Waals surface area (Å²) in [6.07, 6.45) is -0.692. The number of carbonyl (C=O) groups excluding carboxylic acids is 2. The molecule has 5 nitrogen and oxygen atoms in total. The predicted octanol–water partition coefficient (Wildman–Crippen LogP) is 0.887. The second kappa shape index (κ2) is 4.83. The van der Waals surface area contributed by atoms with E-state index in [1.165, 1.54) is 7.11 Å². The second-order valence-corrected chi connectivity index (χ2v) is 3.72. The molecule has 0 spiro atoms. The van der Waals surface area contributed by atoms with Crippen LogP contribution in [0.25, 0.3) is 0 Å². The number of amides is 1. The number of ether oxygens (including phenoxy) is 2. The molecule has 14 heavy (non-hydrogen) atoms. The first-order valence-electron chi connectivity index (χ1n) is 4.16. The summed E-state index contributed by atoms with van der Waals surface area (Å²) < 4.78 is 9.28. The Kier molecular flexibility index (Phi) is 4.40. The van der Waals surface area contributed by atoms with Crippen LogP contribution in [0, 0.1) is 6.92 Å². The Morgan fingerprint density at radius 3 is 2.21 bits per heavy atom. The molecule has 0 heterocycles.